The van der Waals surface area contributed by atoms with Gasteiger partial charge in [0.1, 0.15) is 12.1 Å². The minimum atomic E-state index is -0.641. The molecule has 6 nitrogen and oxygen atoms in total. The first kappa shape index (κ1) is 24.6. The molecular weight excluding hydrogens is 390 g/mol. The number of carbonyl (C=O) groups is 3. The Morgan fingerprint density at radius 2 is 1.90 bits per heavy atom. The van der Waals surface area contributed by atoms with Crippen LogP contribution in [0.5, 0.6) is 0 Å². The summed E-state index contributed by atoms with van der Waals surface area (Å²) in [6, 6.07) is 8.51. The summed E-state index contributed by atoms with van der Waals surface area (Å²) in [6.07, 6.45) is 10.5. The zero-order chi connectivity index (χ0) is 22.5. The molecule has 1 fully saturated rings. The SMILES string of the molecule is C=CCCCCCCCC(=O)N(C)C(Cc1ccccc1)C(=O)NC1CCCNC1=O. The van der Waals surface area contributed by atoms with Gasteiger partial charge in [-0.15, -0.1) is 6.58 Å². The van der Waals surface area contributed by atoms with Crippen molar-refractivity contribution in [3.05, 3.63) is 48.6 Å². The normalized spacial score (nSPS) is 16.8. The van der Waals surface area contributed by atoms with Gasteiger partial charge in [-0.3, -0.25) is 14.4 Å². The molecule has 170 valence electrons. The van der Waals surface area contributed by atoms with Gasteiger partial charge in [0, 0.05) is 26.4 Å². The summed E-state index contributed by atoms with van der Waals surface area (Å²) in [5, 5.41) is 5.66. The van der Waals surface area contributed by atoms with E-state index in [-0.39, 0.29) is 17.7 Å². The Morgan fingerprint density at radius 1 is 1.19 bits per heavy atom. The number of hydrogen-bond acceptors (Lipinski definition) is 3. The molecule has 0 bridgehead atoms. The highest BCUT2D eigenvalue weighted by Gasteiger charge is 2.31. The lowest BCUT2D eigenvalue weighted by Crippen LogP contribution is -2.56. The van der Waals surface area contributed by atoms with E-state index in [4.69, 9.17) is 0 Å². The zero-order valence-corrected chi connectivity index (χ0v) is 18.8. The predicted octanol–water partition coefficient (Wildman–Crippen LogP) is 3.37. The van der Waals surface area contributed by atoms with E-state index in [0.717, 1.165) is 50.5 Å². The third-order valence-electron chi connectivity index (χ3n) is 5.84. The number of allylic oxidation sites excluding steroid dienone is 1. The molecule has 2 N–H and O–H groups in total. The van der Waals surface area contributed by atoms with Crippen molar-refractivity contribution >= 4 is 17.7 Å². The van der Waals surface area contributed by atoms with Crippen LogP contribution in [0, 0.1) is 0 Å². The highest BCUT2D eigenvalue weighted by atomic mass is 16.2. The number of nitrogens with one attached hydrogen (secondary N) is 2. The molecule has 2 atom stereocenters. The highest BCUT2D eigenvalue weighted by Crippen LogP contribution is 2.14. The van der Waals surface area contributed by atoms with Crippen LogP contribution in [0.2, 0.25) is 0 Å². The van der Waals surface area contributed by atoms with Crippen molar-refractivity contribution in [1.29, 1.82) is 0 Å². The van der Waals surface area contributed by atoms with E-state index in [1.54, 1.807) is 11.9 Å². The Balaban J connectivity index is 1.94. The summed E-state index contributed by atoms with van der Waals surface area (Å²) in [5.74, 6) is -0.454. The second-order valence-corrected chi connectivity index (χ2v) is 8.30. The van der Waals surface area contributed by atoms with Crippen LogP contribution < -0.4 is 10.6 Å². The van der Waals surface area contributed by atoms with Gasteiger partial charge >= 0.3 is 0 Å². The molecular formula is C25H37N3O3. The molecule has 1 saturated heterocycles. The largest absolute Gasteiger partial charge is 0.354 e. The van der Waals surface area contributed by atoms with E-state index in [2.05, 4.69) is 17.2 Å². The van der Waals surface area contributed by atoms with E-state index in [9.17, 15) is 14.4 Å². The molecule has 1 aliphatic heterocycles. The van der Waals surface area contributed by atoms with Crippen molar-refractivity contribution in [2.75, 3.05) is 13.6 Å². The molecule has 1 heterocycles. The molecule has 3 amide bonds. The fourth-order valence-electron chi connectivity index (χ4n) is 3.87. The first-order valence-corrected chi connectivity index (χ1v) is 11.5. The van der Waals surface area contributed by atoms with Crippen LogP contribution in [0.4, 0.5) is 0 Å². The molecule has 2 rings (SSSR count). The molecule has 1 aliphatic rings. The molecule has 0 aromatic heterocycles. The van der Waals surface area contributed by atoms with Crippen molar-refractivity contribution in [3.63, 3.8) is 0 Å². The predicted molar refractivity (Wildman–Crippen MR) is 123 cm³/mol. The zero-order valence-electron chi connectivity index (χ0n) is 18.8. The van der Waals surface area contributed by atoms with Gasteiger partial charge in [0.15, 0.2) is 0 Å². The van der Waals surface area contributed by atoms with Gasteiger partial charge in [-0.2, -0.15) is 0 Å². The monoisotopic (exact) mass is 427 g/mol. The van der Waals surface area contributed by atoms with E-state index < -0.39 is 12.1 Å². The summed E-state index contributed by atoms with van der Waals surface area (Å²) in [7, 11) is 1.69. The number of piperidine rings is 1. The number of rotatable bonds is 13. The Bertz CT molecular complexity index is 720. The lowest BCUT2D eigenvalue weighted by atomic mass is 10.0. The molecule has 31 heavy (non-hydrogen) atoms. The minimum Gasteiger partial charge on any atom is -0.354 e. The summed E-state index contributed by atoms with van der Waals surface area (Å²) in [5.41, 5.74) is 0.984. The van der Waals surface area contributed by atoms with Crippen LogP contribution in [0.1, 0.15) is 63.4 Å². The van der Waals surface area contributed by atoms with Crippen LogP contribution in [0.3, 0.4) is 0 Å². The number of amides is 3. The number of likely N-dealkylation sites (N-methyl/N-ethyl adjacent to an activating group) is 1. The van der Waals surface area contributed by atoms with Crippen LogP contribution in [0.15, 0.2) is 43.0 Å². The lowest BCUT2D eigenvalue weighted by Gasteiger charge is -2.30. The molecule has 1 aromatic carbocycles. The molecule has 0 spiro atoms. The summed E-state index contributed by atoms with van der Waals surface area (Å²) in [6.45, 7) is 4.38. The molecule has 0 radical (unpaired) electrons. The minimum absolute atomic E-state index is 0.0322. The van der Waals surface area contributed by atoms with Crippen molar-refractivity contribution in [3.8, 4) is 0 Å². The second kappa shape index (κ2) is 13.6. The van der Waals surface area contributed by atoms with E-state index in [1.165, 1.54) is 0 Å². The molecule has 2 unspecified atom stereocenters. The number of unbranched alkanes of at least 4 members (excludes halogenated alkanes) is 5. The van der Waals surface area contributed by atoms with Gasteiger partial charge < -0.3 is 15.5 Å². The van der Waals surface area contributed by atoms with Crippen molar-refractivity contribution in [2.45, 2.75) is 76.3 Å². The second-order valence-electron chi connectivity index (χ2n) is 8.30. The van der Waals surface area contributed by atoms with Crippen LogP contribution in [-0.2, 0) is 20.8 Å². The maximum atomic E-state index is 13.1. The molecule has 0 aliphatic carbocycles. The summed E-state index contributed by atoms with van der Waals surface area (Å²) in [4.78, 5) is 39.5. The fourth-order valence-corrected chi connectivity index (χ4v) is 3.87. The van der Waals surface area contributed by atoms with E-state index in [1.807, 2.05) is 36.4 Å². The van der Waals surface area contributed by atoms with Crippen LogP contribution in [-0.4, -0.2) is 48.3 Å². The van der Waals surface area contributed by atoms with Gasteiger partial charge in [0.25, 0.3) is 0 Å². The lowest BCUT2D eigenvalue weighted by molar-refractivity contribution is -0.140. The average molecular weight is 428 g/mol. The number of nitrogens with zero attached hydrogens (tertiary/aromatic N) is 1. The summed E-state index contributed by atoms with van der Waals surface area (Å²) < 4.78 is 0. The van der Waals surface area contributed by atoms with Gasteiger partial charge in [-0.1, -0.05) is 55.7 Å². The van der Waals surface area contributed by atoms with Gasteiger partial charge in [-0.05, 0) is 37.7 Å². The maximum absolute atomic E-state index is 13.1. The molecule has 0 saturated carbocycles. The quantitative estimate of drug-likeness (QED) is 0.374. The number of benzene rings is 1. The Morgan fingerprint density at radius 3 is 2.61 bits per heavy atom. The third kappa shape index (κ3) is 8.56. The van der Waals surface area contributed by atoms with Gasteiger partial charge in [0.2, 0.25) is 17.7 Å². The fraction of sp³-hybridized carbons (Fsp3) is 0.560. The van der Waals surface area contributed by atoms with E-state index >= 15 is 0 Å². The standard InChI is InChI=1S/C25H37N3O3/c1-3-4-5-6-7-8-12-17-23(29)28(2)22(19-20-14-10-9-11-15-20)25(31)27-21-16-13-18-26-24(21)30/h3,9-11,14-15,21-22H,1,4-8,12-13,16-19H2,2H3,(H,26,30)(H,27,31). The molecule has 1 aromatic rings. The van der Waals surface area contributed by atoms with Gasteiger partial charge in [0.05, 0.1) is 0 Å². The first-order chi connectivity index (χ1) is 15.0. The Labute approximate surface area is 186 Å². The van der Waals surface area contributed by atoms with Crippen molar-refractivity contribution in [2.24, 2.45) is 0 Å². The number of carbonyl (C=O) groups excluding carboxylic acids is 3. The first-order valence-electron chi connectivity index (χ1n) is 11.5. The topological polar surface area (TPSA) is 78.5 Å². The Kier molecular flexibility index (Phi) is 10.8. The van der Waals surface area contributed by atoms with Crippen molar-refractivity contribution < 1.29 is 14.4 Å². The molecule has 6 heteroatoms. The smallest absolute Gasteiger partial charge is 0.243 e. The number of hydrogen-bond donors (Lipinski definition) is 2. The van der Waals surface area contributed by atoms with Gasteiger partial charge in [-0.25, -0.2) is 0 Å². The highest BCUT2D eigenvalue weighted by molar-refractivity contribution is 5.92. The third-order valence-corrected chi connectivity index (χ3v) is 5.84. The van der Waals surface area contributed by atoms with Crippen LogP contribution in [0.25, 0.3) is 0 Å². The van der Waals surface area contributed by atoms with Crippen LogP contribution >= 0.6 is 0 Å². The average Bonchev–Trinajstić information content (AvgIpc) is 2.78. The van der Waals surface area contributed by atoms with Crippen molar-refractivity contribution in [1.82, 2.24) is 15.5 Å². The van der Waals surface area contributed by atoms with E-state index in [0.29, 0.717) is 25.8 Å². The summed E-state index contributed by atoms with van der Waals surface area (Å²) >= 11 is 0. The maximum Gasteiger partial charge on any atom is 0.243 e. The Hall–Kier alpha value is -2.63.